The van der Waals surface area contributed by atoms with E-state index in [9.17, 15) is 0 Å². The minimum Gasteiger partial charge on any atom is -0.332 e. The number of imidazole rings is 2. The first-order valence-corrected chi connectivity index (χ1v) is 22.9. The molecule has 321 valence electrons. The summed E-state index contributed by atoms with van der Waals surface area (Å²) < 4.78 is 4.55. The maximum Gasteiger partial charge on any atom is 0.111 e. The van der Waals surface area contributed by atoms with Crippen molar-refractivity contribution in [3.8, 4) is 0 Å². The first-order chi connectivity index (χ1) is 25.2. The van der Waals surface area contributed by atoms with Gasteiger partial charge in [0.1, 0.15) is 11.6 Å². The van der Waals surface area contributed by atoms with Crippen LogP contribution in [0.2, 0.25) is 0 Å². The molecule has 4 aromatic rings. The Balaban J connectivity index is -0.000000624. The molecule has 0 aliphatic carbocycles. The van der Waals surface area contributed by atoms with Gasteiger partial charge in [0.15, 0.2) is 0 Å². The van der Waals surface area contributed by atoms with Crippen molar-refractivity contribution in [1.82, 2.24) is 29.1 Å². The van der Waals surface area contributed by atoms with Crippen molar-refractivity contribution in [2.45, 2.75) is 221 Å². The molecule has 0 saturated carbocycles. The van der Waals surface area contributed by atoms with Crippen molar-refractivity contribution in [3.05, 3.63) is 67.1 Å². The Morgan fingerprint density at radius 1 is 0.500 bits per heavy atom. The monoisotopic (exact) mass is 812 g/mol. The van der Waals surface area contributed by atoms with Gasteiger partial charge in [0.05, 0.1) is 27.6 Å². The Kier molecular flexibility index (Phi) is 30.1. The maximum absolute atomic E-state index is 4.55. The number of nitrogens with zero attached hydrogens (tertiary/aromatic N) is 6. The van der Waals surface area contributed by atoms with Gasteiger partial charge in [-0.1, -0.05) is 125 Å². The van der Waals surface area contributed by atoms with Crippen LogP contribution in [0.5, 0.6) is 0 Å². The summed E-state index contributed by atoms with van der Waals surface area (Å²) in [5.41, 5.74) is 6.91. The first kappa shape index (κ1) is 58.1. The van der Waals surface area contributed by atoms with E-state index in [-0.39, 0.29) is 8.41 Å². The lowest BCUT2D eigenvalue weighted by molar-refractivity contribution is 0.539. The predicted octanol–water partition coefficient (Wildman–Crippen LogP) is 15.8. The van der Waals surface area contributed by atoms with E-state index in [1.54, 1.807) is 11.3 Å². The van der Waals surface area contributed by atoms with E-state index in [1.165, 1.54) is 43.5 Å². The molecule has 0 saturated heterocycles. The lowest BCUT2D eigenvalue weighted by atomic mass is 10.0. The second kappa shape index (κ2) is 29.0. The zero-order valence-corrected chi connectivity index (χ0v) is 42.7. The van der Waals surface area contributed by atoms with E-state index in [4.69, 9.17) is 0 Å². The van der Waals surface area contributed by atoms with Gasteiger partial charge in [-0.15, -0.1) is 22.7 Å². The zero-order valence-electron chi connectivity index (χ0n) is 41.1. The number of rotatable bonds is 8. The van der Waals surface area contributed by atoms with Crippen molar-refractivity contribution in [2.75, 3.05) is 0 Å². The Morgan fingerprint density at radius 3 is 1.23 bits per heavy atom. The van der Waals surface area contributed by atoms with Crippen molar-refractivity contribution < 1.29 is 0 Å². The highest BCUT2D eigenvalue weighted by molar-refractivity contribution is 7.11. The fourth-order valence-corrected chi connectivity index (χ4v) is 7.40. The molecule has 4 rings (SSSR count). The largest absolute Gasteiger partial charge is 0.332 e. The second-order valence-corrected chi connectivity index (χ2v) is 20.6. The van der Waals surface area contributed by atoms with Gasteiger partial charge < -0.3 is 9.13 Å². The quantitative estimate of drug-likeness (QED) is 0.166. The fourth-order valence-electron chi connectivity index (χ4n) is 5.35. The van der Waals surface area contributed by atoms with Gasteiger partial charge in [0.25, 0.3) is 0 Å². The van der Waals surface area contributed by atoms with Crippen LogP contribution < -0.4 is 0 Å². The van der Waals surface area contributed by atoms with Gasteiger partial charge in [0, 0.05) is 60.2 Å². The van der Waals surface area contributed by atoms with E-state index in [1.807, 2.05) is 30.0 Å². The summed E-state index contributed by atoms with van der Waals surface area (Å²) in [5, 5.41) is 1.20. The van der Waals surface area contributed by atoms with Crippen molar-refractivity contribution >= 4 is 31.1 Å². The first-order valence-electron chi connectivity index (χ1n) is 21.2. The molecule has 0 aromatic carbocycles. The molecule has 0 amide bonds. The average Bonchev–Trinajstić information content (AvgIpc) is 3.82. The van der Waals surface area contributed by atoms with Crippen LogP contribution in [0.3, 0.4) is 0 Å². The summed E-state index contributed by atoms with van der Waals surface area (Å²) >= 11 is 3.61. The molecule has 0 N–H and O–H groups in total. The molecular weight excluding hydrogens is 724 g/mol. The van der Waals surface area contributed by atoms with Crippen LogP contribution in [-0.2, 0) is 0 Å². The van der Waals surface area contributed by atoms with E-state index >= 15 is 0 Å². The zero-order chi connectivity index (χ0) is 43.5. The number of thiazole rings is 2. The molecule has 3 radical (unpaired) electrons. The fraction of sp³-hybridized carbons (Fsp3) is 0.745. The van der Waals surface area contributed by atoms with Crippen LogP contribution in [0.25, 0.3) is 0 Å². The normalized spacial score (nSPS) is 11.0. The molecule has 6 nitrogen and oxygen atoms in total. The van der Waals surface area contributed by atoms with E-state index in [2.05, 4.69) is 201 Å². The molecule has 56 heavy (non-hydrogen) atoms. The number of aromatic nitrogens is 6. The number of hydrogen-bond donors (Lipinski definition) is 0. The van der Waals surface area contributed by atoms with Gasteiger partial charge in [-0.05, 0) is 84.0 Å². The van der Waals surface area contributed by atoms with E-state index < -0.39 is 0 Å². The van der Waals surface area contributed by atoms with Crippen LogP contribution in [0.15, 0.2) is 17.9 Å². The average molecular weight is 812 g/mol. The van der Waals surface area contributed by atoms with Gasteiger partial charge in [-0.25, -0.2) is 19.9 Å². The third kappa shape index (κ3) is 22.6. The predicted molar refractivity (Wildman–Crippen MR) is 255 cm³/mol. The SMILES string of the molecule is CC(C)C.CC(C)C.CC(C)c1ncsc1C(C)C.Cc1cn(C(C)C)c(C(C)C)n1.Cc1cnc(C(C)C)n1C(C)C.Cc1nc(C(C)C)c(C(C)C)s1.[B]. The Bertz CT molecular complexity index is 1400. The number of hydrogen-bond acceptors (Lipinski definition) is 6. The molecule has 0 atom stereocenters. The minimum atomic E-state index is 0. The van der Waals surface area contributed by atoms with E-state index in [0.29, 0.717) is 47.6 Å². The highest BCUT2D eigenvalue weighted by Gasteiger charge is 2.15. The highest BCUT2D eigenvalue weighted by Crippen LogP contribution is 2.31. The molecule has 0 fully saturated rings. The number of aryl methyl sites for hydroxylation is 3. The summed E-state index contributed by atoms with van der Waals surface area (Å²) in [5.74, 6) is 7.46. The van der Waals surface area contributed by atoms with Crippen molar-refractivity contribution in [3.63, 3.8) is 0 Å². The third-order valence-corrected chi connectivity index (χ3v) is 9.98. The van der Waals surface area contributed by atoms with Gasteiger partial charge in [-0.3, -0.25) is 0 Å². The molecule has 0 spiro atoms. The second-order valence-electron chi connectivity index (χ2n) is 18.4. The van der Waals surface area contributed by atoms with Crippen molar-refractivity contribution in [2.24, 2.45) is 11.8 Å². The third-order valence-electron chi connectivity index (χ3n) is 7.55. The molecular formula is C47H88BN6S2. The summed E-state index contributed by atoms with van der Waals surface area (Å²) in [7, 11) is 0. The summed E-state index contributed by atoms with van der Waals surface area (Å²) in [4.78, 5) is 20.7. The van der Waals surface area contributed by atoms with Gasteiger partial charge in [-0.2, -0.15) is 0 Å². The highest BCUT2D eigenvalue weighted by atomic mass is 32.1. The minimum absolute atomic E-state index is 0. The molecule has 4 aromatic heterocycles. The molecule has 0 aliphatic heterocycles. The Morgan fingerprint density at radius 2 is 0.946 bits per heavy atom. The molecule has 4 heterocycles. The standard InChI is InChI=1S/2C10H18N2.C10H17NS.C9H15NS.2C4H10.B/c1-7(2)10-11-9(5)6-12(10)8(3)4;1-7(2)10-11-6-9(5)12(10)8(3)4;1-6(2)9-10(7(3)4)12-8(5)11-9;1-6(2)8-9(7(3)4)11-5-10-8;2*1-4(2)3;/h2*6-8H,1-5H3;6-7H,1-5H3;5-7H,1-4H3;2*4H,1-3H3;. The molecule has 0 bridgehead atoms. The topological polar surface area (TPSA) is 61.4 Å². The lowest BCUT2D eigenvalue weighted by Crippen LogP contribution is -2.09. The van der Waals surface area contributed by atoms with Crippen LogP contribution in [0.4, 0.5) is 0 Å². The Hall–Kier alpha value is -2.26. The Labute approximate surface area is 358 Å². The van der Waals surface area contributed by atoms with E-state index in [0.717, 1.165) is 17.5 Å². The summed E-state index contributed by atoms with van der Waals surface area (Å²) in [6.45, 7) is 54.5. The summed E-state index contributed by atoms with van der Waals surface area (Å²) in [6, 6.07) is 1.04. The smallest absolute Gasteiger partial charge is 0.111 e. The molecule has 0 unspecified atom stereocenters. The van der Waals surface area contributed by atoms with Crippen LogP contribution >= 0.6 is 22.7 Å². The molecule has 9 heteroatoms. The van der Waals surface area contributed by atoms with Crippen LogP contribution in [0, 0.1) is 32.6 Å². The molecule has 0 aliphatic rings. The lowest BCUT2D eigenvalue weighted by Gasteiger charge is -2.15. The van der Waals surface area contributed by atoms with Crippen molar-refractivity contribution in [1.29, 1.82) is 0 Å². The van der Waals surface area contributed by atoms with Gasteiger partial charge >= 0.3 is 0 Å². The van der Waals surface area contributed by atoms with Crippen LogP contribution in [-0.4, -0.2) is 37.5 Å². The van der Waals surface area contributed by atoms with Gasteiger partial charge in [0.2, 0.25) is 0 Å². The summed E-state index contributed by atoms with van der Waals surface area (Å²) in [6.07, 6.45) is 4.08. The maximum atomic E-state index is 4.55. The van der Waals surface area contributed by atoms with Crippen LogP contribution in [0.1, 0.15) is 249 Å².